The standard InChI is InChI=1S/C14H8ClF3O3S/c15-22(20,21)9-2-4-11(16)10(7-9)14(19)6-8-1-3-12(17)13(18)5-8/h1-5,7H,6H2. The van der Waals surface area contributed by atoms with Crippen LogP contribution in [0, 0.1) is 17.5 Å². The molecule has 0 N–H and O–H groups in total. The van der Waals surface area contributed by atoms with Crippen molar-refractivity contribution in [1.29, 1.82) is 0 Å². The van der Waals surface area contributed by atoms with Gasteiger partial charge in [-0.25, -0.2) is 21.6 Å². The first kappa shape index (κ1) is 16.5. The van der Waals surface area contributed by atoms with E-state index in [1.54, 1.807) is 0 Å². The molecule has 2 aromatic carbocycles. The molecule has 0 saturated carbocycles. The molecule has 0 aromatic heterocycles. The predicted octanol–water partition coefficient (Wildman–Crippen LogP) is 3.46. The van der Waals surface area contributed by atoms with Crippen LogP contribution >= 0.6 is 10.7 Å². The molecule has 0 saturated heterocycles. The van der Waals surface area contributed by atoms with Crippen molar-refractivity contribution in [1.82, 2.24) is 0 Å². The van der Waals surface area contributed by atoms with Gasteiger partial charge in [-0.2, -0.15) is 0 Å². The third kappa shape index (κ3) is 3.66. The summed E-state index contributed by atoms with van der Waals surface area (Å²) in [7, 11) is 1.02. The molecule has 0 aliphatic rings. The molecule has 116 valence electrons. The smallest absolute Gasteiger partial charge is 0.261 e. The number of halogens is 4. The van der Waals surface area contributed by atoms with Crippen LogP contribution in [0.3, 0.4) is 0 Å². The minimum Gasteiger partial charge on any atom is -0.294 e. The Bertz CT molecular complexity index is 850. The Labute approximate surface area is 128 Å². The van der Waals surface area contributed by atoms with Crippen molar-refractivity contribution in [3.63, 3.8) is 0 Å². The minimum atomic E-state index is -4.12. The van der Waals surface area contributed by atoms with Crippen LogP contribution in [-0.2, 0) is 15.5 Å². The molecule has 0 radical (unpaired) electrons. The van der Waals surface area contributed by atoms with E-state index in [0.717, 1.165) is 30.3 Å². The van der Waals surface area contributed by atoms with Crippen molar-refractivity contribution >= 4 is 25.5 Å². The zero-order valence-electron chi connectivity index (χ0n) is 10.8. The van der Waals surface area contributed by atoms with E-state index in [2.05, 4.69) is 0 Å². The molecule has 0 aliphatic heterocycles. The summed E-state index contributed by atoms with van der Waals surface area (Å²) in [6.07, 6.45) is -0.417. The number of carbonyl (C=O) groups is 1. The van der Waals surface area contributed by atoms with Crippen molar-refractivity contribution in [2.45, 2.75) is 11.3 Å². The summed E-state index contributed by atoms with van der Waals surface area (Å²) in [5, 5.41) is 0. The predicted molar refractivity (Wildman–Crippen MR) is 73.8 cm³/mol. The first-order valence-electron chi connectivity index (χ1n) is 5.90. The Morgan fingerprint density at radius 3 is 2.18 bits per heavy atom. The van der Waals surface area contributed by atoms with Crippen LogP contribution in [0.4, 0.5) is 13.2 Å². The molecule has 0 atom stereocenters. The first-order valence-corrected chi connectivity index (χ1v) is 8.21. The second kappa shape index (κ2) is 6.10. The molecule has 0 heterocycles. The van der Waals surface area contributed by atoms with Gasteiger partial charge >= 0.3 is 0 Å². The van der Waals surface area contributed by atoms with Gasteiger partial charge in [0.15, 0.2) is 17.4 Å². The van der Waals surface area contributed by atoms with Crippen molar-refractivity contribution in [3.05, 3.63) is 65.0 Å². The number of benzene rings is 2. The Hall–Kier alpha value is -1.86. The number of Topliss-reactive ketones (excluding diaryl/α,β-unsaturated/α-hetero) is 1. The van der Waals surface area contributed by atoms with E-state index in [9.17, 15) is 26.4 Å². The van der Waals surface area contributed by atoms with Crippen LogP contribution in [0.5, 0.6) is 0 Å². The van der Waals surface area contributed by atoms with Gasteiger partial charge in [0.1, 0.15) is 5.82 Å². The summed E-state index contributed by atoms with van der Waals surface area (Å²) in [5.41, 5.74) is -0.367. The summed E-state index contributed by atoms with van der Waals surface area (Å²) in [4.78, 5) is 11.6. The lowest BCUT2D eigenvalue weighted by Crippen LogP contribution is -2.08. The quantitative estimate of drug-likeness (QED) is 0.628. The molecular weight excluding hydrogens is 341 g/mol. The molecule has 0 bridgehead atoms. The molecule has 2 aromatic rings. The summed E-state index contributed by atoms with van der Waals surface area (Å²) in [6.45, 7) is 0. The lowest BCUT2D eigenvalue weighted by molar-refractivity contribution is 0.0989. The highest BCUT2D eigenvalue weighted by atomic mass is 35.7. The third-order valence-corrected chi connectivity index (χ3v) is 4.22. The van der Waals surface area contributed by atoms with Crippen LogP contribution in [0.25, 0.3) is 0 Å². The number of hydrogen-bond donors (Lipinski definition) is 0. The van der Waals surface area contributed by atoms with Crippen molar-refractivity contribution in [2.24, 2.45) is 0 Å². The topological polar surface area (TPSA) is 51.2 Å². The van der Waals surface area contributed by atoms with Gasteiger partial charge in [-0.1, -0.05) is 6.07 Å². The fourth-order valence-electron chi connectivity index (χ4n) is 1.80. The van der Waals surface area contributed by atoms with Crippen LogP contribution in [-0.4, -0.2) is 14.2 Å². The van der Waals surface area contributed by atoms with E-state index < -0.39 is 49.2 Å². The van der Waals surface area contributed by atoms with E-state index in [1.807, 2.05) is 0 Å². The molecule has 3 nitrogen and oxygen atoms in total. The fraction of sp³-hybridized carbons (Fsp3) is 0.0714. The van der Waals surface area contributed by atoms with Crippen LogP contribution in [0.15, 0.2) is 41.3 Å². The van der Waals surface area contributed by atoms with Gasteiger partial charge in [-0.3, -0.25) is 4.79 Å². The minimum absolute atomic E-state index is 0.127. The summed E-state index contributed by atoms with van der Waals surface area (Å²) < 4.78 is 61.9. The second-order valence-corrected chi connectivity index (χ2v) is 6.99. The number of hydrogen-bond acceptors (Lipinski definition) is 3. The second-order valence-electron chi connectivity index (χ2n) is 4.43. The zero-order valence-corrected chi connectivity index (χ0v) is 12.4. The van der Waals surface area contributed by atoms with E-state index in [0.29, 0.717) is 0 Å². The lowest BCUT2D eigenvalue weighted by atomic mass is 10.0. The summed E-state index contributed by atoms with van der Waals surface area (Å²) in [5.74, 6) is -3.93. The zero-order chi connectivity index (χ0) is 16.5. The fourth-order valence-corrected chi connectivity index (χ4v) is 2.58. The Morgan fingerprint density at radius 2 is 1.59 bits per heavy atom. The Balaban J connectivity index is 2.35. The van der Waals surface area contributed by atoms with Crippen molar-refractivity contribution in [2.75, 3.05) is 0 Å². The van der Waals surface area contributed by atoms with E-state index in [-0.39, 0.29) is 5.56 Å². The summed E-state index contributed by atoms with van der Waals surface area (Å²) in [6, 6.07) is 5.36. The van der Waals surface area contributed by atoms with Gasteiger partial charge in [-0.05, 0) is 35.9 Å². The van der Waals surface area contributed by atoms with E-state index in [4.69, 9.17) is 10.7 Å². The number of carbonyl (C=O) groups excluding carboxylic acids is 1. The van der Waals surface area contributed by atoms with E-state index in [1.165, 1.54) is 6.07 Å². The third-order valence-electron chi connectivity index (χ3n) is 2.87. The first-order chi connectivity index (χ1) is 10.2. The monoisotopic (exact) mass is 348 g/mol. The van der Waals surface area contributed by atoms with Gasteiger partial charge in [0.2, 0.25) is 0 Å². The molecule has 22 heavy (non-hydrogen) atoms. The van der Waals surface area contributed by atoms with Crippen LogP contribution < -0.4 is 0 Å². The molecular formula is C14H8ClF3O3S. The van der Waals surface area contributed by atoms with Gasteiger partial charge < -0.3 is 0 Å². The molecule has 0 amide bonds. The number of ketones is 1. The Kier molecular flexibility index (Phi) is 4.58. The molecule has 2 rings (SSSR count). The van der Waals surface area contributed by atoms with Crippen LogP contribution in [0.1, 0.15) is 15.9 Å². The van der Waals surface area contributed by atoms with Gasteiger partial charge in [0.25, 0.3) is 9.05 Å². The number of rotatable bonds is 4. The van der Waals surface area contributed by atoms with Gasteiger partial charge in [-0.15, -0.1) is 0 Å². The largest absolute Gasteiger partial charge is 0.294 e. The van der Waals surface area contributed by atoms with Gasteiger partial charge in [0, 0.05) is 17.1 Å². The molecule has 0 unspecified atom stereocenters. The molecule has 0 fully saturated rings. The van der Waals surface area contributed by atoms with Gasteiger partial charge in [0.05, 0.1) is 10.5 Å². The average molecular weight is 349 g/mol. The molecule has 0 aliphatic carbocycles. The summed E-state index contributed by atoms with van der Waals surface area (Å²) >= 11 is 0. The van der Waals surface area contributed by atoms with E-state index >= 15 is 0 Å². The lowest BCUT2D eigenvalue weighted by Gasteiger charge is -2.05. The molecule has 0 spiro atoms. The average Bonchev–Trinajstić information content (AvgIpc) is 2.42. The maximum Gasteiger partial charge on any atom is 0.261 e. The van der Waals surface area contributed by atoms with Crippen molar-refractivity contribution in [3.8, 4) is 0 Å². The SMILES string of the molecule is O=C(Cc1ccc(F)c(F)c1)c1cc(S(=O)(=O)Cl)ccc1F. The maximum atomic E-state index is 13.7. The highest BCUT2D eigenvalue weighted by molar-refractivity contribution is 8.13. The molecule has 8 heteroatoms. The highest BCUT2D eigenvalue weighted by Gasteiger charge is 2.18. The maximum absolute atomic E-state index is 13.7. The Morgan fingerprint density at radius 1 is 0.955 bits per heavy atom. The van der Waals surface area contributed by atoms with Crippen molar-refractivity contribution < 1.29 is 26.4 Å². The normalized spacial score (nSPS) is 11.5. The van der Waals surface area contributed by atoms with Crippen LogP contribution in [0.2, 0.25) is 0 Å². The highest BCUT2D eigenvalue weighted by Crippen LogP contribution is 2.20.